The van der Waals surface area contributed by atoms with Gasteiger partial charge in [0.15, 0.2) is 0 Å². The molecule has 3 rings (SSSR count). The number of rotatable bonds is 6. The number of aliphatic hydroxyl groups is 1. The Kier molecular flexibility index (Phi) is 5.51. The molecule has 2 aliphatic rings. The lowest BCUT2D eigenvalue weighted by molar-refractivity contribution is -0.0765. The fourth-order valence-electron chi connectivity index (χ4n) is 5.05. The van der Waals surface area contributed by atoms with Crippen molar-refractivity contribution in [1.82, 2.24) is 0 Å². The second kappa shape index (κ2) is 7.45. The molecule has 3 heteroatoms. The van der Waals surface area contributed by atoms with Crippen LogP contribution >= 0.6 is 0 Å². The van der Waals surface area contributed by atoms with Gasteiger partial charge in [-0.2, -0.15) is 0 Å². The van der Waals surface area contributed by atoms with E-state index in [0.717, 1.165) is 58.2 Å². The molecule has 1 saturated carbocycles. The number of hydrogen-bond acceptors (Lipinski definition) is 3. The molecule has 1 aromatic rings. The Bertz CT molecular complexity index is 552. The Morgan fingerprint density at radius 1 is 1.25 bits per heavy atom. The molecule has 1 fully saturated rings. The van der Waals surface area contributed by atoms with Crippen molar-refractivity contribution in [3.63, 3.8) is 0 Å². The Morgan fingerprint density at radius 3 is 2.88 bits per heavy atom. The Hall–Kier alpha value is -1.06. The SMILES string of the molecule is CCCOCCC[C@H]1[C@@H]2CCc3cc(O)ccc3[C@H]2CC[C@]1(C)O. The summed E-state index contributed by atoms with van der Waals surface area (Å²) in [5, 5.41) is 20.7. The number of ether oxygens (including phenoxy) is 1. The second-order valence-electron chi connectivity index (χ2n) is 7.95. The third-order valence-corrected chi connectivity index (χ3v) is 6.22. The monoisotopic (exact) mass is 332 g/mol. The van der Waals surface area contributed by atoms with Crippen LogP contribution in [-0.4, -0.2) is 29.0 Å². The first-order chi connectivity index (χ1) is 11.5. The highest BCUT2D eigenvalue weighted by Gasteiger charge is 2.46. The fraction of sp³-hybridized carbons (Fsp3) is 0.714. The van der Waals surface area contributed by atoms with Gasteiger partial charge < -0.3 is 14.9 Å². The summed E-state index contributed by atoms with van der Waals surface area (Å²) in [6.45, 7) is 5.81. The predicted molar refractivity (Wildman–Crippen MR) is 96.4 cm³/mol. The van der Waals surface area contributed by atoms with E-state index in [1.165, 1.54) is 11.1 Å². The number of aromatic hydroxyl groups is 1. The Morgan fingerprint density at radius 2 is 2.08 bits per heavy atom. The average Bonchev–Trinajstić information content (AvgIpc) is 2.55. The van der Waals surface area contributed by atoms with Crippen LogP contribution < -0.4 is 0 Å². The molecule has 0 spiro atoms. The maximum Gasteiger partial charge on any atom is 0.115 e. The van der Waals surface area contributed by atoms with Gasteiger partial charge in [0, 0.05) is 13.2 Å². The summed E-state index contributed by atoms with van der Waals surface area (Å²) in [6.07, 6.45) is 7.21. The molecule has 0 bridgehead atoms. The van der Waals surface area contributed by atoms with E-state index in [0.29, 0.717) is 23.5 Å². The van der Waals surface area contributed by atoms with Crippen molar-refractivity contribution >= 4 is 0 Å². The van der Waals surface area contributed by atoms with E-state index < -0.39 is 5.60 Å². The van der Waals surface area contributed by atoms with Crippen LogP contribution in [0.3, 0.4) is 0 Å². The van der Waals surface area contributed by atoms with Gasteiger partial charge in [0.05, 0.1) is 5.60 Å². The van der Waals surface area contributed by atoms with Gasteiger partial charge in [-0.25, -0.2) is 0 Å². The quantitative estimate of drug-likeness (QED) is 0.759. The van der Waals surface area contributed by atoms with Gasteiger partial charge in [0.25, 0.3) is 0 Å². The summed E-state index contributed by atoms with van der Waals surface area (Å²) in [6, 6.07) is 5.87. The van der Waals surface area contributed by atoms with Crippen LogP contribution in [0.2, 0.25) is 0 Å². The van der Waals surface area contributed by atoms with E-state index in [-0.39, 0.29) is 0 Å². The van der Waals surface area contributed by atoms with Gasteiger partial charge in [0.2, 0.25) is 0 Å². The van der Waals surface area contributed by atoms with Gasteiger partial charge in [-0.1, -0.05) is 13.0 Å². The molecule has 4 atom stereocenters. The Labute approximate surface area is 146 Å². The minimum atomic E-state index is -0.555. The highest BCUT2D eigenvalue weighted by atomic mass is 16.5. The van der Waals surface area contributed by atoms with E-state index >= 15 is 0 Å². The van der Waals surface area contributed by atoms with Crippen LogP contribution in [0.25, 0.3) is 0 Å². The zero-order valence-electron chi connectivity index (χ0n) is 15.1. The van der Waals surface area contributed by atoms with Gasteiger partial charge in [-0.15, -0.1) is 0 Å². The summed E-state index contributed by atoms with van der Waals surface area (Å²) in [5.41, 5.74) is 2.16. The first kappa shape index (κ1) is 17.8. The van der Waals surface area contributed by atoms with Crippen molar-refractivity contribution in [2.75, 3.05) is 13.2 Å². The predicted octanol–water partition coefficient (Wildman–Crippen LogP) is 4.41. The zero-order valence-corrected chi connectivity index (χ0v) is 15.1. The van der Waals surface area contributed by atoms with E-state index in [4.69, 9.17) is 4.74 Å². The summed E-state index contributed by atoms with van der Waals surface area (Å²) < 4.78 is 5.64. The summed E-state index contributed by atoms with van der Waals surface area (Å²) in [7, 11) is 0. The van der Waals surface area contributed by atoms with Crippen LogP contribution in [0.1, 0.15) is 69.4 Å². The van der Waals surface area contributed by atoms with Gasteiger partial charge >= 0.3 is 0 Å². The third kappa shape index (κ3) is 3.62. The van der Waals surface area contributed by atoms with Crippen molar-refractivity contribution in [3.8, 4) is 5.75 Å². The molecule has 1 aromatic carbocycles. The van der Waals surface area contributed by atoms with Crippen molar-refractivity contribution in [2.24, 2.45) is 11.8 Å². The zero-order chi connectivity index (χ0) is 17.2. The molecule has 0 amide bonds. The molecule has 134 valence electrons. The topological polar surface area (TPSA) is 49.7 Å². The van der Waals surface area contributed by atoms with Crippen LogP contribution in [0, 0.1) is 11.8 Å². The molecule has 0 radical (unpaired) electrons. The minimum Gasteiger partial charge on any atom is -0.508 e. The smallest absolute Gasteiger partial charge is 0.115 e. The number of phenolic OH excluding ortho intramolecular Hbond substituents is 1. The van der Waals surface area contributed by atoms with E-state index in [9.17, 15) is 10.2 Å². The van der Waals surface area contributed by atoms with Crippen molar-refractivity contribution in [2.45, 2.75) is 70.3 Å². The first-order valence-corrected chi connectivity index (χ1v) is 9.65. The molecule has 0 saturated heterocycles. The number of aryl methyl sites for hydroxylation is 1. The summed E-state index contributed by atoms with van der Waals surface area (Å²) in [5.74, 6) is 1.82. The van der Waals surface area contributed by atoms with E-state index in [2.05, 4.69) is 13.0 Å². The minimum absolute atomic E-state index is 0.350. The lowest BCUT2D eigenvalue weighted by Gasteiger charge is -2.49. The van der Waals surface area contributed by atoms with Gasteiger partial charge in [-0.05, 0) is 92.9 Å². The lowest BCUT2D eigenvalue weighted by Crippen LogP contribution is -2.47. The van der Waals surface area contributed by atoms with Gasteiger partial charge in [-0.3, -0.25) is 0 Å². The van der Waals surface area contributed by atoms with Crippen LogP contribution in [0.15, 0.2) is 18.2 Å². The molecule has 3 nitrogen and oxygen atoms in total. The molecule has 0 aliphatic heterocycles. The molecule has 0 aromatic heterocycles. The molecule has 24 heavy (non-hydrogen) atoms. The second-order valence-corrected chi connectivity index (χ2v) is 7.95. The highest BCUT2D eigenvalue weighted by molar-refractivity contribution is 5.40. The molecule has 2 N–H and O–H groups in total. The Balaban J connectivity index is 1.72. The number of fused-ring (bicyclic) bond motifs is 3. The molecule has 2 aliphatic carbocycles. The lowest BCUT2D eigenvalue weighted by atomic mass is 9.58. The molecular formula is C21H32O3. The van der Waals surface area contributed by atoms with Gasteiger partial charge in [0.1, 0.15) is 5.75 Å². The first-order valence-electron chi connectivity index (χ1n) is 9.65. The van der Waals surface area contributed by atoms with Crippen LogP contribution in [0.5, 0.6) is 5.75 Å². The largest absolute Gasteiger partial charge is 0.508 e. The average molecular weight is 332 g/mol. The summed E-state index contributed by atoms with van der Waals surface area (Å²) in [4.78, 5) is 0. The molecule has 0 heterocycles. The summed E-state index contributed by atoms with van der Waals surface area (Å²) >= 11 is 0. The maximum absolute atomic E-state index is 11.0. The van der Waals surface area contributed by atoms with E-state index in [1.807, 2.05) is 19.1 Å². The normalized spacial score (nSPS) is 32.2. The molecular weight excluding hydrogens is 300 g/mol. The molecule has 0 unspecified atom stereocenters. The van der Waals surface area contributed by atoms with Crippen LogP contribution in [-0.2, 0) is 11.2 Å². The van der Waals surface area contributed by atoms with E-state index in [1.54, 1.807) is 0 Å². The number of benzene rings is 1. The van der Waals surface area contributed by atoms with Crippen LogP contribution in [0.4, 0.5) is 0 Å². The fourth-order valence-corrected chi connectivity index (χ4v) is 5.05. The van der Waals surface area contributed by atoms with Crippen molar-refractivity contribution < 1.29 is 14.9 Å². The highest BCUT2D eigenvalue weighted by Crippen LogP contribution is 2.52. The third-order valence-electron chi connectivity index (χ3n) is 6.22. The maximum atomic E-state index is 11.0. The van der Waals surface area contributed by atoms with Crippen molar-refractivity contribution in [1.29, 1.82) is 0 Å². The standard InChI is InChI=1S/C21H32O3/c1-3-12-24-13-4-5-20-19-8-6-15-14-16(22)7-9-17(15)18(19)10-11-21(20,2)23/h7,9,14,18-20,22-23H,3-6,8,10-13H2,1-2H3/t18-,19-,20+,21+/m1/s1. The van der Waals surface area contributed by atoms with Crippen molar-refractivity contribution in [3.05, 3.63) is 29.3 Å². The number of hydrogen-bond donors (Lipinski definition) is 2. The number of phenols is 1.